The smallest absolute Gasteiger partial charge is 0.778 e. The first-order valence-corrected chi connectivity index (χ1v) is 6.82. The third-order valence-corrected chi connectivity index (χ3v) is 3.66. The van der Waals surface area contributed by atoms with Gasteiger partial charge in [0.2, 0.25) is 0 Å². The maximum Gasteiger partial charge on any atom is 1.00 e. The Labute approximate surface area is 124 Å². The summed E-state index contributed by atoms with van der Waals surface area (Å²) in [6.45, 7) is 5.26. The number of benzene rings is 1. The zero-order valence-electron chi connectivity index (χ0n) is 10.7. The first kappa shape index (κ1) is 17.2. The zero-order chi connectivity index (χ0) is 12.3. The van der Waals surface area contributed by atoms with Gasteiger partial charge >= 0.3 is 29.6 Å². The fraction of sp³-hybridized carbons (Fsp3) is 0.455. The molecule has 0 radical (unpaired) electrons. The van der Waals surface area contributed by atoms with E-state index in [0.717, 1.165) is 0 Å². The van der Waals surface area contributed by atoms with Crippen LogP contribution in [0, 0.1) is 13.8 Å². The molecule has 1 N–H and O–H groups in total. The summed E-state index contributed by atoms with van der Waals surface area (Å²) < 4.78 is 16.1. The minimum absolute atomic E-state index is 0. The number of hydrogen-bond donors (Lipinski definition) is 1. The third-order valence-electron chi connectivity index (χ3n) is 2.25. The standard InChI is InChI=1S/C11H17O4P.Na/c1-4-15-16(13,14)7-10-5-8(2)11(12)9(3)6-10;/h5-6,12H,4,7H2,1-3H3,(H,13,14);/q;+1/p-1. The number of aromatic hydroxyl groups is 1. The van der Waals surface area contributed by atoms with Gasteiger partial charge in [0.1, 0.15) is 13.3 Å². The summed E-state index contributed by atoms with van der Waals surface area (Å²) in [7, 11) is -3.80. The van der Waals surface area contributed by atoms with Crippen molar-refractivity contribution in [2.45, 2.75) is 26.9 Å². The molecule has 6 heteroatoms. The van der Waals surface area contributed by atoms with Crippen LogP contribution in [-0.2, 0) is 15.3 Å². The van der Waals surface area contributed by atoms with Crippen LogP contribution in [0.5, 0.6) is 5.75 Å². The van der Waals surface area contributed by atoms with Crippen LogP contribution in [0.4, 0.5) is 0 Å². The average Bonchev–Trinajstić information content (AvgIpc) is 2.13. The van der Waals surface area contributed by atoms with E-state index in [4.69, 9.17) is 0 Å². The van der Waals surface area contributed by atoms with E-state index < -0.39 is 7.60 Å². The minimum Gasteiger partial charge on any atom is -0.778 e. The molecule has 17 heavy (non-hydrogen) atoms. The van der Waals surface area contributed by atoms with Crippen LogP contribution in [-0.4, -0.2) is 11.7 Å². The van der Waals surface area contributed by atoms with Crippen molar-refractivity contribution < 1.29 is 48.6 Å². The van der Waals surface area contributed by atoms with Crippen LogP contribution >= 0.6 is 7.60 Å². The van der Waals surface area contributed by atoms with Gasteiger partial charge in [0, 0.05) is 6.16 Å². The first-order valence-electron chi connectivity index (χ1n) is 5.09. The second kappa shape index (κ2) is 6.93. The van der Waals surface area contributed by atoms with Crippen LogP contribution < -0.4 is 34.5 Å². The third kappa shape index (κ3) is 5.12. The molecule has 0 aliphatic carbocycles. The molecule has 0 saturated heterocycles. The summed E-state index contributed by atoms with van der Waals surface area (Å²) in [6, 6.07) is 3.32. The van der Waals surface area contributed by atoms with Crippen molar-refractivity contribution in [3.8, 4) is 5.75 Å². The Bertz CT molecular complexity index is 410. The molecule has 0 amide bonds. The number of hydrogen-bond acceptors (Lipinski definition) is 4. The van der Waals surface area contributed by atoms with Crippen molar-refractivity contribution in [1.82, 2.24) is 0 Å². The van der Waals surface area contributed by atoms with Crippen LogP contribution in [0.15, 0.2) is 12.1 Å². The van der Waals surface area contributed by atoms with Crippen LogP contribution in [0.3, 0.4) is 0 Å². The van der Waals surface area contributed by atoms with Crippen molar-refractivity contribution in [1.29, 1.82) is 0 Å². The second-order valence-electron chi connectivity index (χ2n) is 3.77. The van der Waals surface area contributed by atoms with Gasteiger partial charge < -0.3 is 19.1 Å². The molecule has 0 fully saturated rings. The molecule has 1 unspecified atom stereocenters. The van der Waals surface area contributed by atoms with E-state index in [2.05, 4.69) is 4.52 Å². The SMILES string of the molecule is CCOP(=O)([O-])Cc1cc(C)c(O)c(C)c1.[Na+]. The quantitative estimate of drug-likeness (QED) is 0.566. The number of phenolic OH excluding ortho intramolecular Hbond substituents is 1. The Morgan fingerprint density at radius 3 is 2.24 bits per heavy atom. The molecule has 0 saturated carbocycles. The normalized spacial score (nSPS) is 13.9. The molecule has 1 atom stereocenters. The van der Waals surface area contributed by atoms with E-state index >= 15 is 0 Å². The number of phenols is 1. The van der Waals surface area contributed by atoms with E-state index in [9.17, 15) is 14.6 Å². The molecule has 4 nitrogen and oxygen atoms in total. The van der Waals surface area contributed by atoms with Crippen molar-refractivity contribution in [2.24, 2.45) is 0 Å². The monoisotopic (exact) mass is 266 g/mol. The number of rotatable bonds is 4. The van der Waals surface area contributed by atoms with Crippen LogP contribution in [0.2, 0.25) is 0 Å². The summed E-state index contributed by atoms with van der Waals surface area (Å²) >= 11 is 0. The molecule has 1 aromatic carbocycles. The van der Waals surface area contributed by atoms with Crippen molar-refractivity contribution in [2.75, 3.05) is 6.61 Å². The maximum absolute atomic E-state index is 11.5. The summed E-state index contributed by atoms with van der Waals surface area (Å²) in [5.74, 6) is 0.209. The Balaban J connectivity index is 0.00000256. The van der Waals surface area contributed by atoms with E-state index in [1.807, 2.05) is 0 Å². The van der Waals surface area contributed by atoms with Crippen LogP contribution in [0.1, 0.15) is 23.6 Å². The first-order chi connectivity index (χ1) is 7.35. The molecule has 0 aliphatic rings. The van der Waals surface area contributed by atoms with Gasteiger partial charge in [-0.2, -0.15) is 0 Å². The van der Waals surface area contributed by atoms with Gasteiger partial charge in [0.05, 0.1) is 6.61 Å². The van der Waals surface area contributed by atoms with Crippen molar-refractivity contribution in [3.05, 3.63) is 28.8 Å². The minimum atomic E-state index is -3.80. The Morgan fingerprint density at radius 1 is 1.35 bits per heavy atom. The van der Waals surface area contributed by atoms with E-state index in [0.29, 0.717) is 16.7 Å². The van der Waals surface area contributed by atoms with Gasteiger partial charge in [-0.15, -0.1) is 0 Å². The molecule has 0 heterocycles. The molecule has 1 aromatic rings. The van der Waals surface area contributed by atoms with E-state index in [1.165, 1.54) is 0 Å². The topological polar surface area (TPSA) is 69.6 Å². The fourth-order valence-corrected chi connectivity index (χ4v) is 2.72. The van der Waals surface area contributed by atoms with Gasteiger partial charge in [-0.3, -0.25) is 0 Å². The molecule has 0 bridgehead atoms. The average molecular weight is 266 g/mol. The van der Waals surface area contributed by atoms with E-state index in [1.54, 1.807) is 32.9 Å². The maximum atomic E-state index is 11.5. The Hall–Kier alpha value is 0.170. The van der Waals surface area contributed by atoms with Gasteiger partial charge in [-0.05, 0) is 37.5 Å². The van der Waals surface area contributed by atoms with E-state index in [-0.39, 0.29) is 48.1 Å². The predicted octanol–water partition coefficient (Wildman–Crippen LogP) is -0.897. The molecule has 0 aliphatic heterocycles. The van der Waals surface area contributed by atoms with Gasteiger partial charge in [-0.25, -0.2) is 0 Å². The Kier molecular flexibility index (Phi) is 7.00. The number of aryl methyl sites for hydroxylation is 2. The summed E-state index contributed by atoms with van der Waals surface area (Å²) in [6.07, 6.45) is -0.136. The van der Waals surface area contributed by atoms with Gasteiger partial charge in [0.15, 0.2) is 0 Å². The largest absolute Gasteiger partial charge is 1.00 e. The molecule has 90 valence electrons. The zero-order valence-corrected chi connectivity index (χ0v) is 13.6. The summed E-state index contributed by atoms with van der Waals surface area (Å²) in [4.78, 5) is 11.5. The van der Waals surface area contributed by atoms with Crippen LogP contribution in [0.25, 0.3) is 0 Å². The summed E-state index contributed by atoms with van der Waals surface area (Å²) in [5.41, 5.74) is 1.98. The summed E-state index contributed by atoms with van der Waals surface area (Å²) in [5, 5.41) is 9.55. The molecule has 1 rings (SSSR count). The van der Waals surface area contributed by atoms with Gasteiger partial charge in [0.25, 0.3) is 0 Å². The predicted molar refractivity (Wildman–Crippen MR) is 60.5 cm³/mol. The molecule has 0 aromatic heterocycles. The molecular weight excluding hydrogens is 250 g/mol. The fourth-order valence-electron chi connectivity index (χ4n) is 1.60. The molecule has 0 spiro atoms. The van der Waals surface area contributed by atoms with Gasteiger partial charge in [-0.1, -0.05) is 12.1 Å². The van der Waals surface area contributed by atoms with Crippen molar-refractivity contribution in [3.63, 3.8) is 0 Å². The Morgan fingerprint density at radius 2 is 1.82 bits per heavy atom. The second-order valence-corrected chi connectivity index (χ2v) is 5.56. The van der Waals surface area contributed by atoms with Crippen molar-refractivity contribution >= 4 is 7.60 Å². The molecular formula is C11H16NaO4P.